The Kier molecular flexibility index (Phi) is 8.04. The summed E-state index contributed by atoms with van der Waals surface area (Å²) in [6, 6.07) is 0. The second kappa shape index (κ2) is 10.4. The monoisotopic (exact) mass is 528 g/mol. The zero-order valence-corrected chi connectivity index (χ0v) is 25.0. The van der Waals surface area contributed by atoms with Crippen LogP contribution in [0.15, 0.2) is 23.3 Å². The van der Waals surface area contributed by atoms with E-state index in [0.717, 1.165) is 51.4 Å². The zero-order valence-electron chi connectivity index (χ0n) is 25.0. The maximum Gasteiger partial charge on any atom is 0.293 e. The van der Waals surface area contributed by atoms with Gasteiger partial charge >= 0.3 is 0 Å². The molecule has 4 aliphatic carbocycles. The van der Waals surface area contributed by atoms with Crippen molar-refractivity contribution in [2.24, 2.45) is 45.3 Å². The third-order valence-electron chi connectivity index (χ3n) is 12.6. The minimum Gasteiger partial charge on any atom is -0.468 e. The highest BCUT2D eigenvalue weighted by Gasteiger charge is 2.66. The van der Waals surface area contributed by atoms with Crippen molar-refractivity contribution in [1.29, 1.82) is 0 Å². The molecule has 38 heavy (non-hydrogen) atoms. The van der Waals surface area contributed by atoms with Crippen LogP contribution in [0.25, 0.3) is 0 Å². The van der Waals surface area contributed by atoms with Crippen LogP contribution < -0.4 is 0 Å². The summed E-state index contributed by atoms with van der Waals surface area (Å²) in [6.07, 6.45) is 7.92. The van der Waals surface area contributed by atoms with E-state index >= 15 is 0 Å². The fourth-order valence-corrected chi connectivity index (χ4v) is 10.0. The molecule has 5 heteroatoms. The van der Waals surface area contributed by atoms with Gasteiger partial charge in [0, 0.05) is 5.92 Å². The molecule has 2 unspecified atom stereocenters. The second-order valence-electron chi connectivity index (χ2n) is 14.6. The topological polar surface area (TPSA) is 72.8 Å². The lowest BCUT2D eigenvalue weighted by Crippen LogP contribution is -2.54. The number of aliphatic hydroxyl groups excluding tert-OH is 1. The van der Waals surface area contributed by atoms with E-state index in [9.17, 15) is 14.7 Å². The molecule has 4 aliphatic rings. The molecule has 2 fully saturated rings. The molecule has 8 atom stereocenters. The largest absolute Gasteiger partial charge is 0.468 e. The third kappa shape index (κ3) is 4.39. The van der Waals surface area contributed by atoms with Crippen molar-refractivity contribution in [3.63, 3.8) is 0 Å². The van der Waals surface area contributed by atoms with Crippen LogP contribution in [0.2, 0.25) is 0 Å². The lowest BCUT2D eigenvalue weighted by molar-refractivity contribution is -0.143. The molecule has 4 rings (SSSR count). The Balaban J connectivity index is 1.67. The van der Waals surface area contributed by atoms with Crippen molar-refractivity contribution in [3.05, 3.63) is 23.3 Å². The molecule has 0 heterocycles. The molecule has 2 saturated carbocycles. The number of hydrogen-bond acceptors (Lipinski definition) is 5. The average molecular weight is 529 g/mol. The Morgan fingerprint density at radius 3 is 2.39 bits per heavy atom. The van der Waals surface area contributed by atoms with Gasteiger partial charge in [0.05, 0.1) is 12.7 Å². The molecule has 0 radical (unpaired) electrons. The molecule has 5 nitrogen and oxygen atoms in total. The van der Waals surface area contributed by atoms with Crippen LogP contribution in [0.1, 0.15) is 106 Å². The smallest absolute Gasteiger partial charge is 0.293 e. The molecular weight excluding hydrogens is 476 g/mol. The first-order valence-corrected chi connectivity index (χ1v) is 15.0. The van der Waals surface area contributed by atoms with E-state index in [2.05, 4.69) is 55.0 Å². The summed E-state index contributed by atoms with van der Waals surface area (Å²) < 4.78 is 11.0. The van der Waals surface area contributed by atoms with Crippen LogP contribution in [-0.2, 0) is 19.1 Å². The summed E-state index contributed by atoms with van der Waals surface area (Å²) in [5.41, 5.74) is 4.38. The number of ether oxygens (including phenoxy) is 2. The Morgan fingerprint density at radius 1 is 1.05 bits per heavy atom. The Morgan fingerprint density at radius 2 is 1.76 bits per heavy atom. The van der Waals surface area contributed by atoms with Crippen molar-refractivity contribution in [2.45, 2.75) is 118 Å². The SMILES string of the molecule is C=C(CC[C@@H](OC=O)C1[C@H](O)C[C@@]2(C)C3=C(CC[C@]12C)[C@@]1(C)CCC(COC=O)C(C)(C)[C@@H]1CC3)C(C)C. The minimum atomic E-state index is -0.493. The maximum atomic E-state index is 11.6. The number of carbonyl (C=O) groups is 2. The predicted octanol–water partition coefficient (Wildman–Crippen LogP) is 7.03. The molecule has 0 aromatic rings. The summed E-state index contributed by atoms with van der Waals surface area (Å²) in [4.78, 5) is 22.5. The highest BCUT2D eigenvalue weighted by Crippen LogP contribution is 2.72. The summed E-state index contributed by atoms with van der Waals surface area (Å²) in [6.45, 7) is 22.3. The molecule has 1 N–H and O–H groups in total. The molecule has 0 saturated heterocycles. The lowest BCUT2D eigenvalue weighted by atomic mass is 9.42. The van der Waals surface area contributed by atoms with E-state index < -0.39 is 6.10 Å². The number of hydrogen-bond donors (Lipinski definition) is 1. The number of rotatable bonds is 10. The van der Waals surface area contributed by atoms with Crippen LogP contribution in [-0.4, -0.2) is 36.9 Å². The average Bonchev–Trinajstić information content (AvgIpc) is 3.05. The number of fused-ring (bicyclic) bond motifs is 4. The number of allylic oxidation sites excluding steroid dienone is 3. The van der Waals surface area contributed by atoms with Gasteiger partial charge in [-0.2, -0.15) is 0 Å². The summed E-state index contributed by atoms with van der Waals surface area (Å²) in [5.74, 6) is 1.25. The van der Waals surface area contributed by atoms with E-state index in [-0.39, 0.29) is 33.7 Å². The summed E-state index contributed by atoms with van der Waals surface area (Å²) in [7, 11) is 0. The predicted molar refractivity (Wildman–Crippen MR) is 150 cm³/mol. The highest BCUT2D eigenvalue weighted by atomic mass is 16.5. The van der Waals surface area contributed by atoms with Gasteiger partial charge in [-0.25, -0.2) is 0 Å². The van der Waals surface area contributed by atoms with Gasteiger partial charge < -0.3 is 14.6 Å². The zero-order chi connectivity index (χ0) is 28.1. The Hall–Kier alpha value is -1.62. The first-order valence-electron chi connectivity index (χ1n) is 15.0. The van der Waals surface area contributed by atoms with Crippen molar-refractivity contribution >= 4 is 12.9 Å². The van der Waals surface area contributed by atoms with E-state index in [1.807, 2.05) is 0 Å². The molecule has 0 amide bonds. The maximum absolute atomic E-state index is 11.6. The van der Waals surface area contributed by atoms with Crippen LogP contribution in [0.4, 0.5) is 0 Å². The van der Waals surface area contributed by atoms with E-state index in [4.69, 9.17) is 9.47 Å². The quantitative estimate of drug-likeness (QED) is 0.243. The van der Waals surface area contributed by atoms with E-state index in [0.29, 0.717) is 43.7 Å². The van der Waals surface area contributed by atoms with Gasteiger partial charge in [0.2, 0.25) is 0 Å². The van der Waals surface area contributed by atoms with Crippen LogP contribution >= 0.6 is 0 Å². The molecule has 0 aromatic carbocycles. The first-order chi connectivity index (χ1) is 17.8. The molecule has 0 bridgehead atoms. The van der Waals surface area contributed by atoms with Gasteiger partial charge in [0.15, 0.2) is 0 Å². The fourth-order valence-electron chi connectivity index (χ4n) is 10.0. The summed E-state index contributed by atoms with van der Waals surface area (Å²) in [5, 5.41) is 11.6. The van der Waals surface area contributed by atoms with Crippen LogP contribution in [0.3, 0.4) is 0 Å². The molecular formula is C33H52O5. The van der Waals surface area contributed by atoms with Gasteiger partial charge in [-0.3, -0.25) is 9.59 Å². The van der Waals surface area contributed by atoms with Gasteiger partial charge in [-0.05, 0) is 97.2 Å². The van der Waals surface area contributed by atoms with Gasteiger partial charge in [0.25, 0.3) is 12.9 Å². The van der Waals surface area contributed by atoms with Gasteiger partial charge in [0.1, 0.15) is 6.10 Å². The molecule has 0 aliphatic heterocycles. The highest BCUT2D eigenvalue weighted by molar-refractivity contribution is 5.41. The van der Waals surface area contributed by atoms with Crippen molar-refractivity contribution in [1.82, 2.24) is 0 Å². The number of aliphatic hydroxyl groups is 1. The van der Waals surface area contributed by atoms with Crippen LogP contribution in [0.5, 0.6) is 0 Å². The molecule has 0 spiro atoms. The number of carbonyl (C=O) groups excluding carboxylic acids is 2. The standard InChI is InChI=1S/C33H52O5/c1-21(2)22(3)9-11-27(38-20-35)29-26(36)17-33(8)25-10-12-28-30(4,5)23(18-37-19-34)13-15-31(28,6)24(25)14-16-32(29,33)7/h19-21,23,26-29,36H,3,9-18H2,1-2,4-8H3/t23?,26-,27-,28+,29?,31-,32-,33+/m1/s1. The Labute approximate surface area is 230 Å². The normalized spacial score (nSPS) is 40.6. The van der Waals surface area contributed by atoms with Gasteiger partial charge in [-0.1, -0.05) is 71.8 Å². The van der Waals surface area contributed by atoms with Crippen LogP contribution in [0, 0.1) is 45.3 Å². The van der Waals surface area contributed by atoms with Crippen molar-refractivity contribution in [2.75, 3.05) is 6.61 Å². The first kappa shape index (κ1) is 29.4. The minimum absolute atomic E-state index is 0.0788. The van der Waals surface area contributed by atoms with Crippen molar-refractivity contribution < 1.29 is 24.2 Å². The Bertz CT molecular complexity index is 964. The lowest BCUT2D eigenvalue weighted by Gasteiger charge is -2.62. The molecule has 0 aromatic heterocycles. The van der Waals surface area contributed by atoms with Crippen molar-refractivity contribution in [3.8, 4) is 0 Å². The van der Waals surface area contributed by atoms with E-state index in [1.165, 1.54) is 5.57 Å². The fraction of sp³-hybridized carbons (Fsp3) is 0.818. The van der Waals surface area contributed by atoms with Gasteiger partial charge in [-0.15, -0.1) is 0 Å². The summed E-state index contributed by atoms with van der Waals surface area (Å²) >= 11 is 0. The third-order valence-corrected chi connectivity index (χ3v) is 12.6. The second-order valence-corrected chi connectivity index (χ2v) is 14.6. The van der Waals surface area contributed by atoms with E-state index in [1.54, 1.807) is 11.1 Å². The molecule has 214 valence electrons.